The van der Waals surface area contributed by atoms with Gasteiger partial charge in [0.15, 0.2) is 0 Å². The molecule has 0 N–H and O–H groups in total. The van der Waals surface area contributed by atoms with Crippen LogP contribution in [-0.4, -0.2) is 41.9 Å². The van der Waals surface area contributed by atoms with Crippen LogP contribution in [0.4, 0.5) is 0 Å². The van der Waals surface area contributed by atoms with Gasteiger partial charge in [0.25, 0.3) is 0 Å². The first-order valence-electron chi connectivity index (χ1n) is 6.06. The minimum Gasteiger partial charge on any atom is -0.376 e. The monoisotopic (exact) mass is 252 g/mol. The predicted octanol–water partition coefficient (Wildman–Crippen LogP) is 2.59. The van der Waals surface area contributed by atoms with Crippen LogP contribution in [-0.2, 0) is 4.74 Å². The molecule has 0 unspecified atom stereocenters. The second-order valence-electron chi connectivity index (χ2n) is 4.49. The van der Waals surface area contributed by atoms with Crippen LogP contribution in [0.15, 0.2) is 23.4 Å². The maximum atomic E-state index is 5.57. The summed E-state index contributed by atoms with van der Waals surface area (Å²) in [4.78, 5) is 6.90. The largest absolute Gasteiger partial charge is 0.376 e. The van der Waals surface area contributed by atoms with Crippen LogP contribution in [0.5, 0.6) is 0 Å². The summed E-state index contributed by atoms with van der Waals surface area (Å²) in [5.41, 5.74) is 1.29. The fourth-order valence-electron chi connectivity index (χ4n) is 2.17. The van der Waals surface area contributed by atoms with Crippen molar-refractivity contribution >= 4 is 11.8 Å². The number of aromatic nitrogens is 1. The third-order valence-corrected chi connectivity index (χ3v) is 3.93. The summed E-state index contributed by atoms with van der Waals surface area (Å²) in [6.45, 7) is 7.23. The third kappa shape index (κ3) is 3.21. The standard InChI is InChI=1S/C13H20N2OS/c1-10-9-15(6-7-16-10)11(2)12-4-5-13(17-3)14-8-12/h4-5,8,10-11H,6-7,9H2,1-3H3/t10-,11-/m0/s1. The third-order valence-electron chi connectivity index (χ3n) is 3.27. The van der Waals surface area contributed by atoms with Gasteiger partial charge in [0.2, 0.25) is 0 Å². The average molecular weight is 252 g/mol. The Morgan fingerprint density at radius 2 is 2.35 bits per heavy atom. The first kappa shape index (κ1) is 12.9. The highest BCUT2D eigenvalue weighted by Crippen LogP contribution is 2.23. The average Bonchev–Trinajstić information content (AvgIpc) is 2.38. The predicted molar refractivity (Wildman–Crippen MR) is 71.4 cm³/mol. The molecule has 0 bridgehead atoms. The second kappa shape index (κ2) is 5.85. The molecule has 94 valence electrons. The molecule has 0 aromatic carbocycles. The molecule has 1 aliphatic heterocycles. The van der Waals surface area contributed by atoms with Gasteiger partial charge in [-0.05, 0) is 31.7 Å². The Bertz CT molecular complexity index is 355. The lowest BCUT2D eigenvalue weighted by Gasteiger charge is -2.35. The molecule has 17 heavy (non-hydrogen) atoms. The molecule has 1 aromatic heterocycles. The summed E-state index contributed by atoms with van der Waals surface area (Å²) in [5, 5.41) is 1.08. The summed E-state index contributed by atoms with van der Waals surface area (Å²) >= 11 is 1.68. The molecule has 0 spiro atoms. The van der Waals surface area contributed by atoms with Crippen molar-refractivity contribution in [3.05, 3.63) is 23.9 Å². The molecule has 1 fully saturated rings. The van der Waals surface area contributed by atoms with Gasteiger partial charge in [0.05, 0.1) is 17.7 Å². The fourth-order valence-corrected chi connectivity index (χ4v) is 2.53. The number of hydrogen-bond donors (Lipinski definition) is 0. The maximum Gasteiger partial charge on any atom is 0.0957 e. The quantitative estimate of drug-likeness (QED) is 0.772. The van der Waals surface area contributed by atoms with E-state index in [1.165, 1.54) is 5.56 Å². The summed E-state index contributed by atoms with van der Waals surface area (Å²) in [6.07, 6.45) is 4.38. The summed E-state index contributed by atoms with van der Waals surface area (Å²) in [6, 6.07) is 4.70. The highest BCUT2D eigenvalue weighted by atomic mass is 32.2. The van der Waals surface area contributed by atoms with Crippen molar-refractivity contribution < 1.29 is 4.74 Å². The summed E-state index contributed by atoms with van der Waals surface area (Å²) in [7, 11) is 0. The zero-order valence-corrected chi connectivity index (χ0v) is 11.5. The fraction of sp³-hybridized carbons (Fsp3) is 0.615. The zero-order valence-electron chi connectivity index (χ0n) is 10.7. The molecule has 3 nitrogen and oxygen atoms in total. The van der Waals surface area contributed by atoms with E-state index >= 15 is 0 Å². The van der Waals surface area contributed by atoms with E-state index in [-0.39, 0.29) is 0 Å². The molecule has 4 heteroatoms. The van der Waals surface area contributed by atoms with E-state index in [2.05, 4.69) is 42.1 Å². The Kier molecular flexibility index (Phi) is 4.42. The summed E-state index contributed by atoms with van der Waals surface area (Å²) in [5.74, 6) is 0. The molecule has 0 radical (unpaired) electrons. The number of rotatable bonds is 3. The molecule has 0 amide bonds. The van der Waals surface area contributed by atoms with Crippen LogP contribution >= 0.6 is 11.8 Å². The van der Waals surface area contributed by atoms with Crippen molar-refractivity contribution in [3.8, 4) is 0 Å². The van der Waals surface area contributed by atoms with Gasteiger partial charge in [-0.3, -0.25) is 4.90 Å². The van der Waals surface area contributed by atoms with E-state index in [4.69, 9.17) is 4.74 Å². The van der Waals surface area contributed by atoms with Gasteiger partial charge in [-0.25, -0.2) is 4.98 Å². The van der Waals surface area contributed by atoms with Crippen LogP contribution < -0.4 is 0 Å². The Morgan fingerprint density at radius 3 is 2.94 bits per heavy atom. The highest BCUT2D eigenvalue weighted by Gasteiger charge is 2.22. The Morgan fingerprint density at radius 1 is 1.53 bits per heavy atom. The van der Waals surface area contributed by atoms with Gasteiger partial charge in [-0.2, -0.15) is 0 Å². The van der Waals surface area contributed by atoms with Crippen molar-refractivity contribution in [2.45, 2.75) is 31.0 Å². The van der Waals surface area contributed by atoms with E-state index in [0.29, 0.717) is 12.1 Å². The van der Waals surface area contributed by atoms with Gasteiger partial charge in [0, 0.05) is 25.3 Å². The first-order chi connectivity index (χ1) is 8.20. The number of hydrogen-bond acceptors (Lipinski definition) is 4. The zero-order chi connectivity index (χ0) is 12.3. The van der Waals surface area contributed by atoms with Crippen molar-refractivity contribution in [1.82, 2.24) is 9.88 Å². The number of morpholine rings is 1. The smallest absolute Gasteiger partial charge is 0.0957 e. The van der Waals surface area contributed by atoms with Crippen molar-refractivity contribution in [3.63, 3.8) is 0 Å². The van der Waals surface area contributed by atoms with Crippen LogP contribution in [0.2, 0.25) is 0 Å². The summed E-state index contributed by atoms with van der Waals surface area (Å²) < 4.78 is 5.57. The Balaban J connectivity index is 2.04. The van der Waals surface area contributed by atoms with E-state index in [1.54, 1.807) is 11.8 Å². The number of nitrogens with zero attached hydrogens (tertiary/aromatic N) is 2. The lowest BCUT2D eigenvalue weighted by Crippen LogP contribution is -2.42. The molecule has 1 aromatic rings. The molecule has 1 saturated heterocycles. The van der Waals surface area contributed by atoms with E-state index in [1.807, 2.05) is 6.20 Å². The second-order valence-corrected chi connectivity index (χ2v) is 5.31. The minimum absolute atomic E-state index is 0.338. The van der Waals surface area contributed by atoms with E-state index in [0.717, 1.165) is 24.7 Å². The first-order valence-corrected chi connectivity index (χ1v) is 7.28. The Hall–Kier alpha value is -0.580. The SMILES string of the molecule is CSc1ccc([C@H](C)N2CCO[C@@H](C)C2)cn1. The maximum absolute atomic E-state index is 5.57. The van der Waals surface area contributed by atoms with Crippen LogP contribution in [0.25, 0.3) is 0 Å². The van der Waals surface area contributed by atoms with Crippen molar-refractivity contribution in [1.29, 1.82) is 0 Å². The van der Waals surface area contributed by atoms with Crippen LogP contribution in [0.1, 0.15) is 25.5 Å². The lowest BCUT2D eigenvalue weighted by molar-refractivity contribution is -0.0320. The highest BCUT2D eigenvalue weighted by molar-refractivity contribution is 7.98. The molecular weight excluding hydrogens is 232 g/mol. The molecule has 0 aliphatic carbocycles. The van der Waals surface area contributed by atoms with Gasteiger partial charge in [0.1, 0.15) is 0 Å². The molecule has 2 rings (SSSR count). The van der Waals surface area contributed by atoms with Gasteiger partial charge in [-0.1, -0.05) is 6.07 Å². The van der Waals surface area contributed by atoms with Crippen molar-refractivity contribution in [2.75, 3.05) is 26.0 Å². The van der Waals surface area contributed by atoms with Gasteiger partial charge < -0.3 is 4.74 Å². The van der Waals surface area contributed by atoms with Crippen LogP contribution in [0.3, 0.4) is 0 Å². The molecule has 2 atom stereocenters. The lowest BCUT2D eigenvalue weighted by atomic mass is 10.1. The number of pyridine rings is 1. The topological polar surface area (TPSA) is 25.4 Å². The molecular formula is C13H20N2OS. The van der Waals surface area contributed by atoms with Gasteiger partial charge >= 0.3 is 0 Å². The number of ether oxygens (including phenoxy) is 1. The molecule has 0 saturated carbocycles. The normalized spacial score (nSPS) is 23.6. The number of thioether (sulfide) groups is 1. The van der Waals surface area contributed by atoms with Crippen molar-refractivity contribution in [2.24, 2.45) is 0 Å². The van der Waals surface area contributed by atoms with Crippen LogP contribution in [0, 0.1) is 0 Å². The Labute approximate surface area is 108 Å². The molecule has 2 heterocycles. The minimum atomic E-state index is 0.338. The van der Waals surface area contributed by atoms with Gasteiger partial charge in [-0.15, -0.1) is 11.8 Å². The molecule has 1 aliphatic rings. The van der Waals surface area contributed by atoms with E-state index in [9.17, 15) is 0 Å². The van der Waals surface area contributed by atoms with E-state index < -0.39 is 0 Å².